The highest BCUT2D eigenvalue weighted by Crippen LogP contribution is 2.24. The minimum Gasteiger partial charge on any atom is -0.443 e. The number of nitrogens with zero attached hydrogens (tertiary/aromatic N) is 3. The number of carbonyl (C=O) groups is 3. The number of anilines is 2. The highest BCUT2D eigenvalue weighted by molar-refractivity contribution is 6.09. The molecule has 0 saturated carbocycles. The van der Waals surface area contributed by atoms with E-state index in [1.165, 1.54) is 12.6 Å². The van der Waals surface area contributed by atoms with Gasteiger partial charge in [-0.25, -0.2) is 15.0 Å². The van der Waals surface area contributed by atoms with Crippen molar-refractivity contribution >= 4 is 29.1 Å². The lowest BCUT2D eigenvalue weighted by atomic mass is 10.0. The predicted octanol–water partition coefficient (Wildman–Crippen LogP) is 3.97. The Bertz CT molecular complexity index is 1620. The van der Waals surface area contributed by atoms with Crippen LogP contribution in [0.3, 0.4) is 0 Å². The molecule has 4 aromatic rings. The molecule has 2 saturated heterocycles. The maximum absolute atomic E-state index is 12.8. The van der Waals surface area contributed by atoms with Crippen LogP contribution >= 0.6 is 0 Å². The number of nitrogens with two attached hydrogens (primary N) is 1. The Balaban J connectivity index is 0.000000216. The molecule has 47 heavy (non-hydrogen) atoms. The Morgan fingerprint density at radius 2 is 1.26 bits per heavy atom. The zero-order valence-electron chi connectivity index (χ0n) is 26.0. The monoisotopic (exact) mass is 641 g/mol. The third kappa shape index (κ3) is 9.44. The van der Waals surface area contributed by atoms with E-state index in [9.17, 15) is 14.4 Å². The number of nitrogen functional groups attached to an aromatic ring is 1. The number of hydrogen-bond donors (Lipinski definition) is 4. The second-order valence-electron chi connectivity index (χ2n) is 11.2. The van der Waals surface area contributed by atoms with E-state index < -0.39 is 5.91 Å². The molecule has 5 N–H and O–H groups in total. The number of hydrogen-bond acceptors (Lipinski definition) is 10. The second kappa shape index (κ2) is 17.0. The van der Waals surface area contributed by atoms with Gasteiger partial charge in [-0.2, -0.15) is 0 Å². The molecule has 3 amide bonds. The van der Waals surface area contributed by atoms with Crippen LogP contribution in [0, 0.1) is 11.8 Å². The Morgan fingerprint density at radius 1 is 0.681 bits per heavy atom. The van der Waals surface area contributed by atoms with Crippen LogP contribution in [0.25, 0.3) is 11.3 Å². The lowest BCUT2D eigenvalue weighted by Gasteiger charge is -2.22. The maximum atomic E-state index is 12.8. The molecule has 2 fully saturated rings. The molecule has 3 aromatic heterocycles. The fourth-order valence-electron chi connectivity index (χ4n) is 5.22. The van der Waals surface area contributed by atoms with E-state index in [1.54, 1.807) is 30.5 Å². The summed E-state index contributed by atoms with van der Waals surface area (Å²) in [6, 6.07) is 15.9. The molecular weight excluding hydrogens is 602 g/mol. The fourth-order valence-corrected chi connectivity index (χ4v) is 5.22. The van der Waals surface area contributed by atoms with Crippen LogP contribution < -0.4 is 21.7 Å². The van der Waals surface area contributed by atoms with E-state index in [-0.39, 0.29) is 23.2 Å². The SMILES string of the molecule is Nc1cccnc1C(=O)NCC1CCOCC1.O=C(NCC1CCOCC1)c1ncccc1NC(=O)c1ncoc1-c1ccccc1. The Morgan fingerprint density at radius 3 is 1.87 bits per heavy atom. The van der Waals surface area contributed by atoms with Crippen molar-refractivity contribution in [2.45, 2.75) is 25.7 Å². The highest BCUT2D eigenvalue weighted by Gasteiger charge is 2.22. The molecule has 246 valence electrons. The van der Waals surface area contributed by atoms with Gasteiger partial charge in [0.2, 0.25) is 0 Å². The number of aromatic nitrogens is 3. The smallest absolute Gasteiger partial charge is 0.278 e. The number of rotatable bonds is 9. The molecule has 2 aliphatic rings. The van der Waals surface area contributed by atoms with Crippen molar-refractivity contribution in [2.75, 3.05) is 50.6 Å². The van der Waals surface area contributed by atoms with Crippen LogP contribution in [-0.2, 0) is 9.47 Å². The first-order valence-corrected chi connectivity index (χ1v) is 15.7. The van der Waals surface area contributed by atoms with E-state index in [1.807, 2.05) is 30.3 Å². The Labute approximate surface area is 272 Å². The second-order valence-corrected chi connectivity index (χ2v) is 11.2. The number of ether oxygens (including phenoxy) is 2. The average Bonchev–Trinajstić information content (AvgIpc) is 3.62. The lowest BCUT2D eigenvalue weighted by molar-refractivity contribution is 0.0642. The topological polar surface area (TPSA) is 184 Å². The molecule has 13 nitrogen and oxygen atoms in total. The van der Waals surface area contributed by atoms with E-state index in [4.69, 9.17) is 19.6 Å². The fraction of sp³-hybridized carbons (Fsp3) is 0.353. The van der Waals surface area contributed by atoms with E-state index in [0.29, 0.717) is 61.0 Å². The first kappa shape index (κ1) is 33.2. The van der Waals surface area contributed by atoms with Gasteiger partial charge in [-0.3, -0.25) is 14.4 Å². The molecule has 1 aromatic carbocycles. The van der Waals surface area contributed by atoms with E-state index in [2.05, 4.69) is 30.9 Å². The number of pyridine rings is 2. The Hall–Kier alpha value is -5.14. The average molecular weight is 642 g/mol. The zero-order chi connectivity index (χ0) is 32.8. The molecule has 13 heteroatoms. The zero-order valence-corrected chi connectivity index (χ0v) is 26.0. The number of oxazole rings is 1. The van der Waals surface area contributed by atoms with Crippen molar-refractivity contribution in [2.24, 2.45) is 11.8 Å². The van der Waals surface area contributed by atoms with Crippen LogP contribution in [0.15, 0.2) is 77.8 Å². The van der Waals surface area contributed by atoms with Crippen molar-refractivity contribution in [1.29, 1.82) is 0 Å². The van der Waals surface area contributed by atoms with Crippen LogP contribution in [0.4, 0.5) is 11.4 Å². The number of benzene rings is 1. The summed E-state index contributed by atoms with van der Waals surface area (Å²) in [6.45, 7) is 4.21. The third-order valence-electron chi connectivity index (χ3n) is 7.93. The standard InChI is InChI=1S/C22H22N4O4.C12H17N3O2/c27-21(24-13-15-8-11-29-12-9-15)18-17(7-4-10-23-18)26-22(28)19-20(30-14-25-19)16-5-2-1-3-6-16;13-10-2-1-5-14-11(10)12(16)15-8-9-3-6-17-7-4-9/h1-7,10,14-15H,8-9,11-13H2,(H,24,27)(H,26,28);1-2,5,9H,3-4,6-8,13H2,(H,15,16). The number of carbonyl (C=O) groups excluding carboxylic acids is 3. The van der Waals surface area contributed by atoms with Crippen molar-refractivity contribution in [3.8, 4) is 11.3 Å². The lowest BCUT2D eigenvalue weighted by Crippen LogP contribution is -2.33. The molecule has 0 bridgehead atoms. The largest absolute Gasteiger partial charge is 0.443 e. The van der Waals surface area contributed by atoms with Crippen molar-refractivity contribution < 1.29 is 28.3 Å². The van der Waals surface area contributed by atoms with Gasteiger partial charge < -0.3 is 35.6 Å². The summed E-state index contributed by atoms with van der Waals surface area (Å²) in [5.74, 6) is 0.234. The summed E-state index contributed by atoms with van der Waals surface area (Å²) in [6.07, 6.45) is 8.14. The van der Waals surface area contributed by atoms with Gasteiger partial charge in [-0.05, 0) is 61.8 Å². The summed E-state index contributed by atoms with van der Waals surface area (Å²) in [7, 11) is 0. The summed E-state index contributed by atoms with van der Waals surface area (Å²) >= 11 is 0. The normalized spacial score (nSPS) is 15.1. The van der Waals surface area contributed by atoms with Gasteiger partial charge >= 0.3 is 0 Å². The Kier molecular flexibility index (Phi) is 12.0. The molecule has 5 heterocycles. The van der Waals surface area contributed by atoms with Crippen LogP contribution in [0.1, 0.15) is 57.1 Å². The molecule has 0 atom stereocenters. The van der Waals surface area contributed by atoms with E-state index >= 15 is 0 Å². The molecule has 6 rings (SSSR count). The van der Waals surface area contributed by atoms with Gasteiger partial charge in [0.05, 0.1) is 11.4 Å². The van der Waals surface area contributed by atoms with Gasteiger partial charge in [0, 0.05) is 57.5 Å². The van der Waals surface area contributed by atoms with Crippen LogP contribution in [0.2, 0.25) is 0 Å². The maximum Gasteiger partial charge on any atom is 0.278 e. The van der Waals surface area contributed by atoms with Crippen molar-refractivity contribution in [3.05, 3.63) is 90.5 Å². The summed E-state index contributed by atoms with van der Waals surface area (Å²) < 4.78 is 16.0. The van der Waals surface area contributed by atoms with Gasteiger partial charge in [-0.1, -0.05) is 30.3 Å². The predicted molar refractivity (Wildman–Crippen MR) is 175 cm³/mol. The summed E-state index contributed by atoms with van der Waals surface area (Å²) in [5.41, 5.74) is 7.75. The molecular formula is C34H39N7O6. The molecule has 0 radical (unpaired) electrons. The van der Waals surface area contributed by atoms with Gasteiger partial charge in [-0.15, -0.1) is 0 Å². The van der Waals surface area contributed by atoms with Crippen molar-refractivity contribution in [1.82, 2.24) is 25.6 Å². The minimum atomic E-state index is -0.478. The van der Waals surface area contributed by atoms with Gasteiger partial charge in [0.15, 0.2) is 29.2 Å². The third-order valence-corrected chi connectivity index (χ3v) is 7.93. The summed E-state index contributed by atoms with van der Waals surface area (Å²) in [5, 5.41) is 8.52. The first-order valence-electron chi connectivity index (χ1n) is 15.7. The highest BCUT2D eigenvalue weighted by atomic mass is 16.5. The van der Waals surface area contributed by atoms with Crippen molar-refractivity contribution in [3.63, 3.8) is 0 Å². The quantitative estimate of drug-likeness (QED) is 0.209. The first-order chi connectivity index (χ1) is 23.0. The molecule has 0 spiro atoms. The minimum absolute atomic E-state index is 0.138. The van der Waals surface area contributed by atoms with E-state index in [0.717, 1.165) is 44.5 Å². The molecule has 2 aliphatic heterocycles. The summed E-state index contributed by atoms with van der Waals surface area (Å²) in [4.78, 5) is 49.5. The number of nitrogens with one attached hydrogen (secondary N) is 3. The van der Waals surface area contributed by atoms with Gasteiger partial charge in [0.1, 0.15) is 0 Å². The molecule has 0 unspecified atom stereocenters. The molecule has 0 aliphatic carbocycles. The van der Waals surface area contributed by atoms with Gasteiger partial charge in [0.25, 0.3) is 17.7 Å². The number of amides is 3. The van der Waals surface area contributed by atoms with Crippen LogP contribution in [0.5, 0.6) is 0 Å². The van der Waals surface area contributed by atoms with Crippen LogP contribution in [-0.4, -0.2) is 72.2 Å².